The van der Waals surface area contributed by atoms with Crippen molar-refractivity contribution in [3.8, 4) is 0 Å². The van der Waals surface area contributed by atoms with Crippen molar-refractivity contribution in [1.29, 1.82) is 0 Å². The molecule has 1 heterocycles. The van der Waals surface area contributed by atoms with E-state index < -0.39 is 0 Å². The van der Waals surface area contributed by atoms with Crippen LogP contribution in [0.1, 0.15) is 57.2 Å². The molecular formula is C12H20N2S. The molecule has 3 heteroatoms. The Morgan fingerprint density at radius 1 is 1.47 bits per heavy atom. The van der Waals surface area contributed by atoms with E-state index in [1.165, 1.54) is 10.7 Å². The molecule has 1 aromatic rings. The highest BCUT2D eigenvalue weighted by molar-refractivity contribution is 7.09. The standard InChI is InChI=1S/C12H20N2S/c1-8(2)10-14-9(7-15-10)11(3,4)12(13)5-6-12/h7-8H,5-6,13H2,1-4H3. The van der Waals surface area contributed by atoms with Gasteiger partial charge in [0.25, 0.3) is 0 Å². The van der Waals surface area contributed by atoms with E-state index in [4.69, 9.17) is 10.7 Å². The van der Waals surface area contributed by atoms with Crippen LogP contribution in [-0.4, -0.2) is 10.5 Å². The lowest BCUT2D eigenvalue weighted by Gasteiger charge is -2.30. The van der Waals surface area contributed by atoms with Crippen molar-refractivity contribution in [3.05, 3.63) is 16.1 Å². The SMILES string of the molecule is CC(C)c1nc(C(C)(C)C2(N)CC2)cs1. The van der Waals surface area contributed by atoms with Gasteiger partial charge in [0.15, 0.2) is 0 Å². The Kier molecular flexibility index (Phi) is 2.43. The lowest BCUT2D eigenvalue weighted by Crippen LogP contribution is -2.43. The number of nitrogens with two attached hydrogens (primary N) is 1. The number of rotatable bonds is 3. The van der Waals surface area contributed by atoms with Crippen LogP contribution in [0, 0.1) is 0 Å². The van der Waals surface area contributed by atoms with Crippen molar-refractivity contribution in [3.63, 3.8) is 0 Å². The first kappa shape index (κ1) is 11.1. The third-order valence-corrected chi connectivity index (χ3v) is 4.83. The van der Waals surface area contributed by atoms with Crippen molar-refractivity contribution in [2.45, 2.75) is 57.4 Å². The minimum atomic E-state index is -0.00464. The van der Waals surface area contributed by atoms with E-state index in [2.05, 4.69) is 33.1 Å². The van der Waals surface area contributed by atoms with E-state index in [1.54, 1.807) is 11.3 Å². The van der Waals surface area contributed by atoms with Gasteiger partial charge in [0.1, 0.15) is 0 Å². The zero-order valence-electron chi connectivity index (χ0n) is 10.0. The average molecular weight is 224 g/mol. The van der Waals surface area contributed by atoms with Gasteiger partial charge in [-0.2, -0.15) is 0 Å². The van der Waals surface area contributed by atoms with Gasteiger partial charge >= 0.3 is 0 Å². The van der Waals surface area contributed by atoms with Gasteiger partial charge in [-0.15, -0.1) is 11.3 Å². The molecule has 0 bridgehead atoms. The second-order valence-electron chi connectivity index (χ2n) is 5.51. The molecule has 1 aliphatic carbocycles. The Labute approximate surface area is 95.9 Å². The Hall–Kier alpha value is -0.410. The molecule has 0 saturated heterocycles. The molecule has 0 radical (unpaired) electrons. The topological polar surface area (TPSA) is 38.9 Å². The highest BCUT2D eigenvalue weighted by atomic mass is 32.1. The summed E-state index contributed by atoms with van der Waals surface area (Å²) in [6.07, 6.45) is 2.27. The van der Waals surface area contributed by atoms with Crippen LogP contribution in [-0.2, 0) is 5.41 Å². The largest absolute Gasteiger partial charge is 0.324 e. The second kappa shape index (κ2) is 3.29. The van der Waals surface area contributed by atoms with Gasteiger partial charge in [-0.1, -0.05) is 27.7 Å². The Balaban J connectivity index is 2.29. The van der Waals surface area contributed by atoms with Gasteiger partial charge in [-0.3, -0.25) is 0 Å². The van der Waals surface area contributed by atoms with E-state index in [1.807, 2.05) is 0 Å². The van der Waals surface area contributed by atoms with E-state index in [0.717, 1.165) is 12.8 Å². The minimum Gasteiger partial charge on any atom is -0.324 e. The highest BCUT2D eigenvalue weighted by Gasteiger charge is 2.52. The van der Waals surface area contributed by atoms with Crippen molar-refractivity contribution in [1.82, 2.24) is 4.98 Å². The molecule has 0 aliphatic heterocycles. The van der Waals surface area contributed by atoms with Gasteiger partial charge in [0.05, 0.1) is 10.7 Å². The van der Waals surface area contributed by atoms with Crippen LogP contribution >= 0.6 is 11.3 Å². The smallest absolute Gasteiger partial charge is 0.0953 e. The van der Waals surface area contributed by atoms with Gasteiger partial charge in [-0.05, 0) is 12.8 Å². The number of hydrogen-bond acceptors (Lipinski definition) is 3. The highest BCUT2D eigenvalue weighted by Crippen LogP contribution is 2.49. The van der Waals surface area contributed by atoms with Crippen molar-refractivity contribution < 1.29 is 0 Å². The third kappa shape index (κ3) is 1.72. The minimum absolute atomic E-state index is 0.00464. The van der Waals surface area contributed by atoms with Gasteiger partial charge in [0, 0.05) is 22.3 Å². The average Bonchev–Trinajstić information content (AvgIpc) is 2.73. The predicted octanol–water partition coefficient (Wildman–Crippen LogP) is 3.04. The lowest BCUT2D eigenvalue weighted by atomic mass is 9.80. The summed E-state index contributed by atoms with van der Waals surface area (Å²) in [5, 5.41) is 3.41. The monoisotopic (exact) mass is 224 g/mol. The van der Waals surface area contributed by atoms with Crippen LogP contribution in [0.5, 0.6) is 0 Å². The predicted molar refractivity (Wildman–Crippen MR) is 65.4 cm³/mol. The summed E-state index contributed by atoms with van der Waals surface area (Å²) in [7, 11) is 0. The summed E-state index contributed by atoms with van der Waals surface area (Å²) in [6.45, 7) is 8.81. The van der Waals surface area contributed by atoms with Crippen molar-refractivity contribution in [2.24, 2.45) is 5.73 Å². The first-order chi connectivity index (χ1) is 6.87. The molecule has 84 valence electrons. The Bertz CT molecular complexity index is 361. The van der Waals surface area contributed by atoms with Crippen LogP contribution in [0.25, 0.3) is 0 Å². The Morgan fingerprint density at radius 3 is 2.47 bits per heavy atom. The first-order valence-electron chi connectivity index (χ1n) is 5.61. The van der Waals surface area contributed by atoms with Gasteiger partial charge < -0.3 is 5.73 Å². The first-order valence-corrected chi connectivity index (χ1v) is 6.49. The fraction of sp³-hybridized carbons (Fsp3) is 0.750. The summed E-state index contributed by atoms with van der Waals surface area (Å²) >= 11 is 1.76. The van der Waals surface area contributed by atoms with Crippen LogP contribution in [0.2, 0.25) is 0 Å². The van der Waals surface area contributed by atoms with Crippen LogP contribution in [0.4, 0.5) is 0 Å². The van der Waals surface area contributed by atoms with E-state index in [9.17, 15) is 0 Å². The van der Waals surface area contributed by atoms with E-state index >= 15 is 0 Å². The third-order valence-electron chi connectivity index (χ3n) is 3.69. The maximum Gasteiger partial charge on any atom is 0.0953 e. The summed E-state index contributed by atoms with van der Waals surface area (Å²) in [4.78, 5) is 4.73. The zero-order chi connectivity index (χ0) is 11.3. The summed E-state index contributed by atoms with van der Waals surface area (Å²) in [6, 6.07) is 0. The van der Waals surface area contributed by atoms with E-state index in [0.29, 0.717) is 5.92 Å². The zero-order valence-corrected chi connectivity index (χ0v) is 10.8. The maximum absolute atomic E-state index is 6.31. The fourth-order valence-electron chi connectivity index (χ4n) is 1.85. The lowest BCUT2D eigenvalue weighted by molar-refractivity contribution is 0.382. The molecule has 0 amide bonds. The summed E-state index contributed by atoms with van der Waals surface area (Å²) in [5.74, 6) is 0.521. The normalized spacial score (nSPS) is 19.6. The molecule has 1 aliphatic rings. The van der Waals surface area contributed by atoms with Gasteiger partial charge in [0.2, 0.25) is 0 Å². The van der Waals surface area contributed by atoms with Crippen molar-refractivity contribution >= 4 is 11.3 Å². The second-order valence-corrected chi connectivity index (χ2v) is 6.40. The number of nitrogens with zero attached hydrogens (tertiary/aromatic N) is 1. The number of hydrogen-bond donors (Lipinski definition) is 1. The maximum atomic E-state index is 6.31. The molecule has 0 atom stereocenters. The number of thiazole rings is 1. The molecule has 2 rings (SSSR count). The van der Waals surface area contributed by atoms with Crippen molar-refractivity contribution in [2.75, 3.05) is 0 Å². The molecular weight excluding hydrogens is 204 g/mol. The molecule has 1 saturated carbocycles. The summed E-state index contributed by atoms with van der Waals surface area (Å²) in [5.41, 5.74) is 7.50. The molecule has 0 spiro atoms. The molecule has 15 heavy (non-hydrogen) atoms. The van der Waals surface area contributed by atoms with Crippen LogP contribution in [0.15, 0.2) is 5.38 Å². The molecule has 0 unspecified atom stereocenters. The molecule has 2 nitrogen and oxygen atoms in total. The number of aromatic nitrogens is 1. The molecule has 0 aromatic carbocycles. The molecule has 1 fully saturated rings. The van der Waals surface area contributed by atoms with Gasteiger partial charge in [-0.25, -0.2) is 4.98 Å². The van der Waals surface area contributed by atoms with E-state index in [-0.39, 0.29) is 11.0 Å². The van der Waals surface area contributed by atoms with Crippen LogP contribution < -0.4 is 5.73 Å². The van der Waals surface area contributed by atoms with Crippen LogP contribution in [0.3, 0.4) is 0 Å². The Morgan fingerprint density at radius 2 is 2.07 bits per heavy atom. The quantitative estimate of drug-likeness (QED) is 0.857. The molecule has 2 N–H and O–H groups in total. The molecule has 1 aromatic heterocycles. The summed E-state index contributed by atoms with van der Waals surface area (Å²) < 4.78 is 0. The fourth-order valence-corrected chi connectivity index (χ4v) is 2.86.